The zero-order chi connectivity index (χ0) is 38.1. The molecule has 0 saturated carbocycles. The van der Waals surface area contributed by atoms with Gasteiger partial charge in [0.25, 0.3) is 0 Å². The van der Waals surface area contributed by atoms with Gasteiger partial charge in [-0.05, 0) is 67.9 Å². The number of nitrogens with one attached hydrogen (secondary N) is 2. The normalized spacial score (nSPS) is 11.0. The van der Waals surface area contributed by atoms with Gasteiger partial charge in [-0.1, -0.05) is 37.8 Å². The Labute approximate surface area is 333 Å². The molecule has 3 rings (SSSR count). The minimum atomic E-state index is -1.15. The fourth-order valence-corrected chi connectivity index (χ4v) is 5.82. The number of nitrogens with two attached hydrogens (primary N) is 1. The van der Waals surface area contributed by atoms with Gasteiger partial charge < -0.3 is 20.8 Å². The van der Waals surface area contributed by atoms with Gasteiger partial charge in [0, 0.05) is 76.1 Å². The number of carboxylic acid groups (broad SMARTS) is 2. The van der Waals surface area contributed by atoms with Crippen LogP contribution < -0.4 is 16.5 Å². The Morgan fingerprint density at radius 2 is 1.20 bits per heavy atom. The number of hydrogen-bond acceptors (Lipinski definition) is 13. The van der Waals surface area contributed by atoms with E-state index < -0.39 is 30.9 Å². The van der Waals surface area contributed by atoms with Crippen LogP contribution in [0.5, 0.6) is 0 Å². The van der Waals surface area contributed by atoms with Crippen LogP contribution >= 0.6 is 12.0 Å². The Bertz CT molecular complexity index is 1470. The molecule has 0 aliphatic carbocycles. The standard InChI is InChI=1S/C36H50N8O8S.Re/c37-51-52-53-32-15-13-29(14-16-32)41-34(46)26-44(28-36(49)50)22-21-43(27-35(47)48)25-33(45)40-19-7-3-1-2-4-10-20-42(23-30-11-5-8-17-38-30)24-31-12-6-9-18-39-31;/h5-6,8-9,11-18H,1-4,7,10,19-28,37H2,(H,40,45)(H,41,46)(H,47,48)(H,49,50);. The molecule has 0 bridgehead atoms. The van der Waals surface area contributed by atoms with E-state index >= 15 is 0 Å². The smallest absolute Gasteiger partial charge is 0.317 e. The number of nitrogens with zero attached hydrogens (tertiary/aromatic N) is 5. The van der Waals surface area contributed by atoms with Gasteiger partial charge in [-0.3, -0.25) is 43.8 Å². The molecule has 3 aromatic rings. The molecule has 1 radical (unpaired) electrons. The molecule has 6 N–H and O–H groups in total. The van der Waals surface area contributed by atoms with Crippen LogP contribution in [0.15, 0.2) is 78.0 Å². The Balaban J connectivity index is 0.0000101. The molecule has 295 valence electrons. The van der Waals surface area contributed by atoms with Gasteiger partial charge >= 0.3 is 11.9 Å². The zero-order valence-corrected chi connectivity index (χ0v) is 33.7. The molecule has 0 aliphatic heterocycles. The van der Waals surface area contributed by atoms with Crippen LogP contribution in [0.2, 0.25) is 0 Å². The van der Waals surface area contributed by atoms with E-state index in [0.29, 0.717) is 17.1 Å². The van der Waals surface area contributed by atoms with Crippen molar-refractivity contribution in [3.8, 4) is 0 Å². The molecule has 18 heteroatoms. The van der Waals surface area contributed by atoms with E-state index in [1.54, 1.807) is 24.3 Å². The molecule has 16 nitrogen and oxygen atoms in total. The fourth-order valence-electron chi connectivity index (χ4n) is 5.46. The summed E-state index contributed by atoms with van der Waals surface area (Å²) in [6.07, 6.45) is 9.65. The summed E-state index contributed by atoms with van der Waals surface area (Å²) in [6, 6.07) is 18.5. The van der Waals surface area contributed by atoms with Gasteiger partial charge in [-0.25, -0.2) is 0 Å². The third kappa shape index (κ3) is 21.2. The molecule has 2 amide bonds. The van der Waals surface area contributed by atoms with Gasteiger partial charge in [-0.15, -0.1) is 9.32 Å². The van der Waals surface area contributed by atoms with Crippen molar-refractivity contribution in [3.63, 3.8) is 0 Å². The number of carbonyl (C=O) groups is 4. The second-order valence-corrected chi connectivity index (χ2v) is 13.1. The SMILES string of the molecule is NOOSc1ccc(NC(=O)CN(CCN(CC(=O)O)CC(=O)NCCCCCCCCN(Cc2ccccn2)Cc2ccccn2)CC(=O)O)cc1.[Re]. The maximum Gasteiger partial charge on any atom is 0.317 e. The van der Waals surface area contributed by atoms with Crippen LogP contribution in [0.1, 0.15) is 49.9 Å². The maximum atomic E-state index is 12.7. The summed E-state index contributed by atoms with van der Waals surface area (Å²) in [5, 5.41) is 24.3. The van der Waals surface area contributed by atoms with Crippen LogP contribution in [-0.2, 0) is 62.0 Å². The third-order valence-corrected chi connectivity index (χ3v) is 8.55. The Morgan fingerprint density at radius 3 is 1.72 bits per heavy atom. The number of hydrogen-bond donors (Lipinski definition) is 5. The van der Waals surface area contributed by atoms with Gasteiger partial charge in [-0.2, -0.15) is 5.90 Å². The molecular weight excluding hydrogens is 891 g/mol. The molecule has 0 aliphatic rings. The molecule has 2 heterocycles. The number of benzene rings is 1. The summed E-state index contributed by atoms with van der Waals surface area (Å²) >= 11 is 0.881. The van der Waals surface area contributed by atoms with Crippen molar-refractivity contribution < 1.29 is 59.1 Å². The number of aromatic nitrogens is 2. The van der Waals surface area contributed by atoms with E-state index in [4.69, 9.17) is 5.90 Å². The first-order valence-corrected chi connectivity index (χ1v) is 18.2. The number of pyridine rings is 2. The average Bonchev–Trinajstić information content (AvgIpc) is 3.13. The van der Waals surface area contributed by atoms with Crippen molar-refractivity contribution in [1.29, 1.82) is 0 Å². The summed E-state index contributed by atoms with van der Waals surface area (Å²) in [4.78, 5) is 67.2. The monoisotopic (exact) mass is 941 g/mol. The summed E-state index contributed by atoms with van der Waals surface area (Å²) < 4.78 is 4.57. The number of anilines is 1. The third-order valence-electron chi connectivity index (χ3n) is 7.94. The molecule has 1 aromatic carbocycles. The van der Waals surface area contributed by atoms with Crippen molar-refractivity contribution in [2.45, 2.75) is 56.5 Å². The second kappa shape index (κ2) is 27.7. The molecule has 0 atom stereocenters. The Morgan fingerprint density at radius 1 is 0.667 bits per heavy atom. The quantitative estimate of drug-likeness (QED) is 0.0306. The van der Waals surface area contributed by atoms with Gasteiger partial charge in [0.1, 0.15) is 0 Å². The Kier molecular flexibility index (Phi) is 23.8. The molecule has 0 spiro atoms. The van der Waals surface area contributed by atoms with Gasteiger partial charge in [0.15, 0.2) is 0 Å². The predicted octanol–water partition coefficient (Wildman–Crippen LogP) is 3.17. The van der Waals surface area contributed by atoms with E-state index in [0.717, 1.165) is 81.6 Å². The van der Waals surface area contributed by atoms with Crippen LogP contribution in [0.4, 0.5) is 5.69 Å². The van der Waals surface area contributed by atoms with Crippen molar-refractivity contribution >= 4 is 41.5 Å². The number of aliphatic carboxylic acids is 2. The van der Waals surface area contributed by atoms with Gasteiger partial charge in [0.05, 0.1) is 49.6 Å². The fraction of sp³-hybridized carbons (Fsp3) is 0.444. The first-order valence-electron chi connectivity index (χ1n) is 17.5. The minimum absolute atomic E-state index is 0. The first kappa shape index (κ1) is 46.3. The molecule has 0 saturated heterocycles. The van der Waals surface area contributed by atoms with E-state index in [2.05, 4.69) is 34.8 Å². The summed E-state index contributed by atoms with van der Waals surface area (Å²) in [5.41, 5.74) is 2.54. The number of unbranched alkanes of at least 4 members (excludes halogenated alkanes) is 5. The zero-order valence-electron chi connectivity index (χ0n) is 30.2. The maximum absolute atomic E-state index is 12.7. The van der Waals surface area contributed by atoms with Gasteiger partial charge in [0.2, 0.25) is 11.8 Å². The molecular formula is C36H50N8O8ReS. The summed E-state index contributed by atoms with van der Waals surface area (Å²) in [6.45, 7) is 1.77. The van der Waals surface area contributed by atoms with Crippen molar-refractivity contribution in [2.24, 2.45) is 5.90 Å². The number of rotatable bonds is 28. The number of amides is 2. The van der Waals surface area contributed by atoms with E-state index in [1.807, 2.05) is 48.8 Å². The van der Waals surface area contributed by atoms with Crippen LogP contribution in [-0.4, -0.2) is 111 Å². The predicted molar refractivity (Wildman–Crippen MR) is 199 cm³/mol. The topological polar surface area (TPSA) is 213 Å². The van der Waals surface area contributed by atoms with E-state index in [-0.39, 0.29) is 52.5 Å². The van der Waals surface area contributed by atoms with Crippen LogP contribution in [0.3, 0.4) is 0 Å². The molecule has 54 heavy (non-hydrogen) atoms. The second-order valence-electron chi connectivity index (χ2n) is 12.4. The van der Waals surface area contributed by atoms with Crippen molar-refractivity contribution in [2.75, 3.05) is 57.7 Å². The van der Waals surface area contributed by atoms with E-state index in [9.17, 15) is 29.4 Å². The van der Waals surface area contributed by atoms with Crippen LogP contribution in [0.25, 0.3) is 0 Å². The number of carboxylic acids is 2. The number of carbonyl (C=O) groups excluding carboxylic acids is 2. The largest absolute Gasteiger partial charge is 0.480 e. The van der Waals surface area contributed by atoms with Crippen LogP contribution in [0, 0.1) is 0 Å². The molecule has 0 fully saturated rings. The molecule has 2 aromatic heterocycles. The van der Waals surface area contributed by atoms with Crippen molar-refractivity contribution in [1.82, 2.24) is 30.0 Å². The average molecular weight is 941 g/mol. The minimum Gasteiger partial charge on any atom is -0.480 e. The van der Waals surface area contributed by atoms with Crippen molar-refractivity contribution in [3.05, 3.63) is 84.4 Å². The first-order chi connectivity index (χ1) is 25.7. The summed E-state index contributed by atoms with van der Waals surface area (Å²) in [5.74, 6) is 1.77. The Hall–Kier alpha value is -3.83. The molecule has 0 unspecified atom stereocenters. The summed E-state index contributed by atoms with van der Waals surface area (Å²) in [7, 11) is 0. The van der Waals surface area contributed by atoms with E-state index in [1.165, 1.54) is 9.80 Å².